The van der Waals surface area contributed by atoms with Crippen LogP contribution in [0.3, 0.4) is 0 Å². The Kier molecular flexibility index (Phi) is 7.03. The lowest BCUT2D eigenvalue weighted by Crippen LogP contribution is -2.31. The fraction of sp³-hybridized carbons (Fsp3) is 0.348. The third-order valence-corrected chi connectivity index (χ3v) is 5.34. The van der Waals surface area contributed by atoms with E-state index in [-0.39, 0.29) is 23.9 Å². The molecule has 1 amide bonds. The summed E-state index contributed by atoms with van der Waals surface area (Å²) < 4.78 is 19.6. The number of carbonyl (C=O) groups excluding carboxylic acids is 1. The summed E-state index contributed by atoms with van der Waals surface area (Å²) in [6.07, 6.45) is 1.36. The molecule has 0 aliphatic carbocycles. The van der Waals surface area contributed by atoms with Crippen LogP contribution in [-0.2, 0) is 27.4 Å². The second-order valence-electron chi connectivity index (χ2n) is 7.52. The number of hydrogen-bond donors (Lipinski definition) is 1. The Morgan fingerprint density at radius 2 is 1.61 bits per heavy atom. The molecule has 162 valence electrons. The molecule has 0 radical (unpaired) electrons. The molecule has 0 saturated carbocycles. The van der Waals surface area contributed by atoms with Crippen LogP contribution in [0, 0.1) is 5.92 Å². The molecule has 0 spiro atoms. The van der Waals surface area contributed by atoms with Gasteiger partial charge < -0.3 is 19.9 Å². The van der Waals surface area contributed by atoms with Gasteiger partial charge in [-0.15, -0.1) is 5.10 Å². The second-order valence-corrected chi connectivity index (χ2v) is 7.52. The zero-order valence-electron chi connectivity index (χ0n) is 17.2. The Balaban J connectivity index is 1.40. The van der Waals surface area contributed by atoms with Gasteiger partial charge in [-0.1, -0.05) is 60.7 Å². The molecule has 31 heavy (non-hydrogen) atoms. The topological polar surface area (TPSA) is 101 Å². The van der Waals surface area contributed by atoms with E-state index in [1.165, 1.54) is 6.33 Å². The number of amides is 1. The first kappa shape index (κ1) is 21.2. The third kappa shape index (κ3) is 5.55. The number of nitrogens with zero attached hydrogens (tertiary/aromatic N) is 3. The molecule has 2 aromatic carbocycles. The summed E-state index contributed by atoms with van der Waals surface area (Å²) in [5.41, 5.74) is 7.51. The minimum Gasteiger partial charge on any atom is -0.376 e. The molecule has 8 nitrogen and oxygen atoms in total. The maximum Gasteiger partial charge on any atom is 0.288 e. The number of rotatable bonds is 10. The lowest BCUT2D eigenvalue weighted by Gasteiger charge is -2.23. The zero-order chi connectivity index (χ0) is 21.5. The van der Waals surface area contributed by atoms with Crippen LogP contribution >= 0.6 is 0 Å². The molecule has 1 aliphatic heterocycles. The van der Waals surface area contributed by atoms with Gasteiger partial charge in [0.1, 0.15) is 6.33 Å². The SMILES string of the molecule is NC(=O)c1ncn([C@H]2CO[C@H](COCc3ccccc3)[C@H]2COCc2ccccc2)n1. The van der Waals surface area contributed by atoms with Crippen LogP contribution in [0.2, 0.25) is 0 Å². The molecule has 0 bridgehead atoms. The molecule has 8 heteroatoms. The van der Waals surface area contributed by atoms with E-state index in [1.54, 1.807) is 4.68 Å². The fourth-order valence-electron chi connectivity index (χ4n) is 3.68. The Morgan fingerprint density at radius 1 is 1.00 bits per heavy atom. The van der Waals surface area contributed by atoms with Gasteiger partial charge in [-0.05, 0) is 11.1 Å². The number of aromatic nitrogens is 3. The van der Waals surface area contributed by atoms with Crippen LogP contribution in [0.1, 0.15) is 27.8 Å². The van der Waals surface area contributed by atoms with E-state index < -0.39 is 5.91 Å². The molecule has 3 aromatic rings. The van der Waals surface area contributed by atoms with Crippen LogP contribution in [-0.4, -0.2) is 46.6 Å². The second kappa shape index (κ2) is 10.3. The highest BCUT2D eigenvalue weighted by atomic mass is 16.5. The standard InChI is InChI=1S/C23H26N4O4/c24-22(28)23-25-16-27(26-23)20-14-31-21(15-30-12-18-9-5-2-6-10-18)19(20)13-29-11-17-7-3-1-4-8-17/h1-10,16,19-21H,11-15H2,(H2,24,28)/t19-,20-,21+/m0/s1. The summed E-state index contributed by atoms with van der Waals surface area (Å²) in [4.78, 5) is 15.4. The summed E-state index contributed by atoms with van der Waals surface area (Å²) in [6, 6.07) is 19.9. The van der Waals surface area contributed by atoms with Crippen molar-refractivity contribution in [1.29, 1.82) is 0 Å². The Bertz CT molecular complexity index is 964. The lowest BCUT2D eigenvalue weighted by atomic mass is 9.98. The number of benzene rings is 2. The van der Waals surface area contributed by atoms with Gasteiger partial charge in [0.15, 0.2) is 0 Å². The summed E-state index contributed by atoms with van der Waals surface area (Å²) in [5.74, 6) is -0.674. The van der Waals surface area contributed by atoms with E-state index in [1.807, 2.05) is 60.7 Å². The molecule has 3 atom stereocenters. The van der Waals surface area contributed by atoms with Crippen molar-refractivity contribution in [1.82, 2.24) is 14.8 Å². The van der Waals surface area contributed by atoms with Crippen LogP contribution < -0.4 is 5.73 Å². The quantitative estimate of drug-likeness (QED) is 0.538. The smallest absolute Gasteiger partial charge is 0.288 e. The Labute approximate surface area is 180 Å². The molecule has 2 heterocycles. The van der Waals surface area contributed by atoms with E-state index in [2.05, 4.69) is 10.1 Å². The number of carbonyl (C=O) groups is 1. The van der Waals surface area contributed by atoms with Crippen molar-refractivity contribution in [3.8, 4) is 0 Å². The van der Waals surface area contributed by atoms with E-state index in [0.29, 0.717) is 33.0 Å². The summed E-state index contributed by atoms with van der Waals surface area (Å²) in [5, 5.41) is 4.23. The Hall–Kier alpha value is -3.07. The number of nitrogens with two attached hydrogens (primary N) is 1. The fourth-order valence-corrected chi connectivity index (χ4v) is 3.68. The van der Waals surface area contributed by atoms with Crippen LogP contribution in [0.15, 0.2) is 67.0 Å². The van der Waals surface area contributed by atoms with Gasteiger partial charge in [0.05, 0.1) is 45.2 Å². The van der Waals surface area contributed by atoms with Gasteiger partial charge in [-0.25, -0.2) is 9.67 Å². The van der Waals surface area contributed by atoms with Crippen molar-refractivity contribution in [2.24, 2.45) is 11.7 Å². The first-order valence-electron chi connectivity index (χ1n) is 10.3. The Morgan fingerprint density at radius 3 is 2.19 bits per heavy atom. The lowest BCUT2D eigenvalue weighted by molar-refractivity contribution is -0.0240. The summed E-state index contributed by atoms with van der Waals surface area (Å²) >= 11 is 0. The molecular formula is C23H26N4O4. The van der Waals surface area contributed by atoms with E-state index in [4.69, 9.17) is 19.9 Å². The van der Waals surface area contributed by atoms with E-state index in [0.717, 1.165) is 11.1 Å². The molecular weight excluding hydrogens is 396 g/mol. The van der Waals surface area contributed by atoms with Gasteiger partial charge in [0, 0.05) is 5.92 Å². The van der Waals surface area contributed by atoms with Crippen molar-refractivity contribution in [2.45, 2.75) is 25.4 Å². The van der Waals surface area contributed by atoms with Crippen molar-refractivity contribution in [3.05, 3.63) is 83.9 Å². The van der Waals surface area contributed by atoms with Gasteiger partial charge >= 0.3 is 0 Å². The third-order valence-electron chi connectivity index (χ3n) is 5.34. The number of primary amides is 1. The normalized spacial score (nSPS) is 20.7. The monoisotopic (exact) mass is 422 g/mol. The molecule has 2 N–H and O–H groups in total. The molecule has 1 fully saturated rings. The maximum absolute atomic E-state index is 11.4. The summed E-state index contributed by atoms with van der Waals surface area (Å²) in [6.45, 7) is 2.34. The van der Waals surface area contributed by atoms with E-state index in [9.17, 15) is 4.79 Å². The molecule has 1 aliphatic rings. The average molecular weight is 422 g/mol. The molecule has 1 saturated heterocycles. The van der Waals surface area contributed by atoms with Gasteiger partial charge in [-0.2, -0.15) is 0 Å². The minimum atomic E-state index is -0.655. The first-order valence-corrected chi connectivity index (χ1v) is 10.3. The van der Waals surface area contributed by atoms with Crippen LogP contribution in [0.5, 0.6) is 0 Å². The van der Waals surface area contributed by atoms with Gasteiger partial charge in [0.25, 0.3) is 5.91 Å². The zero-order valence-corrected chi connectivity index (χ0v) is 17.2. The van der Waals surface area contributed by atoms with Crippen molar-refractivity contribution < 1.29 is 19.0 Å². The van der Waals surface area contributed by atoms with Gasteiger partial charge in [0.2, 0.25) is 5.82 Å². The van der Waals surface area contributed by atoms with Crippen molar-refractivity contribution >= 4 is 5.91 Å². The highest BCUT2D eigenvalue weighted by Gasteiger charge is 2.39. The van der Waals surface area contributed by atoms with Gasteiger partial charge in [-0.3, -0.25) is 4.79 Å². The van der Waals surface area contributed by atoms with Crippen molar-refractivity contribution in [3.63, 3.8) is 0 Å². The minimum absolute atomic E-state index is 0.00673. The van der Waals surface area contributed by atoms with E-state index >= 15 is 0 Å². The van der Waals surface area contributed by atoms with Crippen molar-refractivity contribution in [2.75, 3.05) is 19.8 Å². The average Bonchev–Trinajstić information content (AvgIpc) is 3.43. The maximum atomic E-state index is 11.4. The number of ether oxygens (including phenoxy) is 3. The largest absolute Gasteiger partial charge is 0.376 e. The van der Waals surface area contributed by atoms with Crippen LogP contribution in [0.4, 0.5) is 0 Å². The predicted molar refractivity (Wildman–Crippen MR) is 113 cm³/mol. The molecule has 4 rings (SSSR count). The molecule has 0 unspecified atom stereocenters. The highest BCUT2D eigenvalue weighted by molar-refractivity contribution is 5.88. The number of hydrogen-bond acceptors (Lipinski definition) is 6. The predicted octanol–water partition coefficient (Wildman–Crippen LogP) is 2.37. The first-order chi connectivity index (χ1) is 15.2. The summed E-state index contributed by atoms with van der Waals surface area (Å²) in [7, 11) is 0. The highest BCUT2D eigenvalue weighted by Crippen LogP contribution is 2.32. The molecule has 1 aromatic heterocycles. The van der Waals surface area contributed by atoms with Crippen LogP contribution in [0.25, 0.3) is 0 Å².